The topological polar surface area (TPSA) is 66.5 Å². The Kier molecular flexibility index (Phi) is 4.73. The molecule has 94 valence electrons. The van der Waals surface area contributed by atoms with Gasteiger partial charge in [-0.3, -0.25) is 4.79 Å². The van der Waals surface area contributed by atoms with Gasteiger partial charge in [-0.1, -0.05) is 0 Å². The second-order valence-corrected chi connectivity index (χ2v) is 6.68. The van der Waals surface area contributed by atoms with Crippen LogP contribution in [-0.4, -0.2) is 57.4 Å². The van der Waals surface area contributed by atoms with Crippen molar-refractivity contribution >= 4 is 15.7 Å². The zero-order valence-electron chi connectivity index (χ0n) is 9.90. The Bertz CT molecular complexity index is 336. The summed E-state index contributed by atoms with van der Waals surface area (Å²) < 4.78 is 21.8. The minimum atomic E-state index is -2.99. The zero-order valence-corrected chi connectivity index (χ0v) is 10.7. The molecule has 0 unspecified atom stereocenters. The number of nitrogens with one attached hydrogen (secondary N) is 1. The smallest absolute Gasteiger partial charge is 0.223 e. The first kappa shape index (κ1) is 13.4. The van der Waals surface area contributed by atoms with Crippen LogP contribution in [0.5, 0.6) is 0 Å². The van der Waals surface area contributed by atoms with Crippen molar-refractivity contribution in [1.29, 1.82) is 0 Å². The molecule has 0 aromatic carbocycles. The summed E-state index contributed by atoms with van der Waals surface area (Å²) >= 11 is 0. The van der Waals surface area contributed by atoms with Gasteiger partial charge in [0.1, 0.15) is 9.84 Å². The van der Waals surface area contributed by atoms with Crippen LogP contribution in [0.2, 0.25) is 0 Å². The molecule has 1 rings (SSSR count). The summed E-state index contributed by atoms with van der Waals surface area (Å²) in [5.74, 6) is 0.0301. The summed E-state index contributed by atoms with van der Waals surface area (Å²) in [7, 11) is -1.34. The molecule has 0 heterocycles. The molecule has 16 heavy (non-hydrogen) atoms. The van der Waals surface area contributed by atoms with E-state index in [1.165, 1.54) is 24.0 Å². The van der Waals surface area contributed by atoms with Crippen LogP contribution in [0.3, 0.4) is 0 Å². The second kappa shape index (κ2) is 5.63. The van der Waals surface area contributed by atoms with Gasteiger partial charge in [-0.25, -0.2) is 8.42 Å². The van der Waals surface area contributed by atoms with Crippen molar-refractivity contribution in [3.05, 3.63) is 0 Å². The Hall–Kier alpha value is -0.620. The van der Waals surface area contributed by atoms with Crippen LogP contribution in [0.15, 0.2) is 0 Å². The van der Waals surface area contributed by atoms with Crippen LogP contribution in [0.1, 0.15) is 19.3 Å². The Morgan fingerprint density at radius 3 is 2.56 bits per heavy atom. The highest BCUT2D eigenvalue weighted by Gasteiger charge is 2.20. The van der Waals surface area contributed by atoms with Crippen LogP contribution < -0.4 is 5.32 Å². The molecule has 0 aliphatic heterocycles. The number of carbonyl (C=O) groups excluding carboxylic acids is 1. The van der Waals surface area contributed by atoms with Crippen LogP contribution in [-0.2, 0) is 14.6 Å². The number of sulfone groups is 1. The molecule has 1 amide bonds. The van der Waals surface area contributed by atoms with Crippen molar-refractivity contribution in [3.8, 4) is 0 Å². The number of carbonyl (C=O) groups is 1. The quantitative estimate of drug-likeness (QED) is 0.667. The van der Waals surface area contributed by atoms with Gasteiger partial charge in [-0.05, 0) is 12.8 Å². The van der Waals surface area contributed by atoms with Gasteiger partial charge < -0.3 is 10.2 Å². The monoisotopic (exact) mass is 248 g/mol. The Morgan fingerprint density at radius 2 is 2.06 bits per heavy atom. The molecule has 1 aliphatic carbocycles. The predicted octanol–water partition coefficient (Wildman–Crippen LogP) is -0.368. The maximum absolute atomic E-state index is 11.6. The summed E-state index contributed by atoms with van der Waals surface area (Å²) in [6.45, 7) is 0.966. The van der Waals surface area contributed by atoms with E-state index in [1.54, 1.807) is 7.05 Å². The van der Waals surface area contributed by atoms with Gasteiger partial charge in [0, 0.05) is 38.9 Å². The second-order valence-electron chi connectivity index (χ2n) is 4.42. The van der Waals surface area contributed by atoms with Gasteiger partial charge in [-0.2, -0.15) is 0 Å². The lowest BCUT2D eigenvalue weighted by Gasteiger charge is -2.16. The summed E-state index contributed by atoms with van der Waals surface area (Å²) in [6.07, 6.45) is 4.03. The van der Waals surface area contributed by atoms with E-state index in [0.717, 1.165) is 0 Å². The minimum absolute atomic E-state index is 0.00296. The van der Waals surface area contributed by atoms with Crippen molar-refractivity contribution in [2.75, 3.05) is 32.1 Å². The lowest BCUT2D eigenvalue weighted by Crippen LogP contribution is -2.33. The Morgan fingerprint density at radius 1 is 1.44 bits per heavy atom. The molecule has 6 heteroatoms. The third-order valence-electron chi connectivity index (χ3n) is 2.57. The van der Waals surface area contributed by atoms with E-state index in [2.05, 4.69) is 5.32 Å². The third-order valence-corrected chi connectivity index (χ3v) is 3.50. The lowest BCUT2D eigenvalue weighted by atomic mass is 10.3. The maximum Gasteiger partial charge on any atom is 0.223 e. The van der Waals surface area contributed by atoms with Gasteiger partial charge >= 0.3 is 0 Å². The number of rotatable bonds is 7. The van der Waals surface area contributed by atoms with Crippen LogP contribution >= 0.6 is 0 Å². The SMILES string of the molecule is CN(CCS(C)(=O)=O)C(=O)CCNC1CC1. The molecular formula is C10H20N2O3S. The summed E-state index contributed by atoms with van der Waals surface area (Å²) in [4.78, 5) is 13.0. The fourth-order valence-corrected chi connectivity index (χ4v) is 1.89. The lowest BCUT2D eigenvalue weighted by molar-refractivity contribution is -0.129. The van der Waals surface area contributed by atoms with E-state index in [0.29, 0.717) is 19.0 Å². The molecule has 5 nitrogen and oxygen atoms in total. The summed E-state index contributed by atoms with van der Waals surface area (Å²) in [6, 6.07) is 0.606. The van der Waals surface area contributed by atoms with Crippen LogP contribution in [0.25, 0.3) is 0 Å². The van der Waals surface area contributed by atoms with E-state index in [-0.39, 0.29) is 18.2 Å². The van der Waals surface area contributed by atoms with Crippen molar-refractivity contribution < 1.29 is 13.2 Å². The average Bonchev–Trinajstić information content (AvgIpc) is 2.96. The van der Waals surface area contributed by atoms with E-state index in [4.69, 9.17) is 0 Å². The molecule has 1 N–H and O–H groups in total. The first-order valence-corrected chi connectivity index (χ1v) is 7.59. The van der Waals surface area contributed by atoms with Crippen molar-refractivity contribution in [3.63, 3.8) is 0 Å². The normalized spacial score (nSPS) is 16.1. The first-order valence-electron chi connectivity index (χ1n) is 5.53. The molecule has 0 saturated heterocycles. The fourth-order valence-electron chi connectivity index (χ4n) is 1.29. The predicted molar refractivity (Wildman–Crippen MR) is 63.0 cm³/mol. The summed E-state index contributed by atoms with van der Waals surface area (Å²) in [5.41, 5.74) is 0. The van der Waals surface area contributed by atoms with E-state index >= 15 is 0 Å². The maximum atomic E-state index is 11.6. The molecule has 1 saturated carbocycles. The molecule has 0 spiro atoms. The Labute approximate surface area is 97.1 Å². The summed E-state index contributed by atoms with van der Waals surface area (Å²) in [5, 5.41) is 3.25. The number of hydrogen-bond donors (Lipinski definition) is 1. The van der Waals surface area contributed by atoms with Gasteiger partial charge in [0.2, 0.25) is 5.91 Å². The highest BCUT2D eigenvalue weighted by molar-refractivity contribution is 7.90. The molecule has 0 aromatic rings. The molecule has 0 bridgehead atoms. The van der Waals surface area contributed by atoms with Crippen LogP contribution in [0.4, 0.5) is 0 Å². The molecule has 0 aromatic heterocycles. The molecule has 0 radical (unpaired) electrons. The van der Waals surface area contributed by atoms with E-state index in [9.17, 15) is 13.2 Å². The van der Waals surface area contributed by atoms with E-state index in [1.807, 2.05) is 0 Å². The largest absolute Gasteiger partial charge is 0.345 e. The molecule has 1 aliphatic rings. The van der Waals surface area contributed by atoms with E-state index < -0.39 is 9.84 Å². The van der Waals surface area contributed by atoms with Crippen molar-refractivity contribution in [2.45, 2.75) is 25.3 Å². The van der Waals surface area contributed by atoms with Crippen molar-refractivity contribution in [2.24, 2.45) is 0 Å². The fraction of sp³-hybridized carbons (Fsp3) is 0.900. The zero-order chi connectivity index (χ0) is 12.2. The minimum Gasteiger partial charge on any atom is -0.345 e. The van der Waals surface area contributed by atoms with Crippen LogP contribution in [0, 0.1) is 0 Å². The standard InChI is InChI=1S/C10H20N2O3S/c1-12(7-8-16(2,14)15)10(13)5-6-11-9-3-4-9/h9,11H,3-8H2,1-2H3. The van der Waals surface area contributed by atoms with Crippen molar-refractivity contribution in [1.82, 2.24) is 10.2 Å². The van der Waals surface area contributed by atoms with Gasteiger partial charge in [-0.15, -0.1) is 0 Å². The van der Waals surface area contributed by atoms with Gasteiger partial charge in [0.15, 0.2) is 0 Å². The molecular weight excluding hydrogens is 228 g/mol. The highest BCUT2D eigenvalue weighted by atomic mass is 32.2. The molecule has 1 fully saturated rings. The number of amides is 1. The number of nitrogens with zero attached hydrogens (tertiary/aromatic N) is 1. The molecule has 0 atom stereocenters. The van der Waals surface area contributed by atoms with Gasteiger partial charge in [0.05, 0.1) is 5.75 Å². The number of hydrogen-bond acceptors (Lipinski definition) is 4. The first-order chi connectivity index (χ1) is 7.38. The Balaban J connectivity index is 2.13. The average molecular weight is 248 g/mol. The van der Waals surface area contributed by atoms with Gasteiger partial charge in [0.25, 0.3) is 0 Å². The highest BCUT2D eigenvalue weighted by Crippen LogP contribution is 2.18. The third kappa shape index (κ3) is 6.07.